The molecule has 4 saturated carbocycles. The minimum absolute atomic E-state index is 0. The Labute approximate surface area is 605 Å². The predicted octanol–water partition coefficient (Wildman–Crippen LogP) is 17.6. The minimum Gasteiger partial charge on any atom is -0.507 e. The summed E-state index contributed by atoms with van der Waals surface area (Å²) in [6, 6.07) is 26.2. The van der Waals surface area contributed by atoms with Crippen molar-refractivity contribution in [1.82, 2.24) is 0 Å². The summed E-state index contributed by atoms with van der Waals surface area (Å²) < 4.78 is 75.5. The van der Waals surface area contributed by atoms with Crippen LogP contribution >= 0.6 is 120 Å². The lowest BCUT2D eigenvalue weighted by Gasteiger charge is -2.35. The van der Waals surface area contributed by atoms with Gasteiger partial charge in [0.25, 0.3) is 0 Å². The van der Waals surface area contributed by atoms with Crippen LogP contribution in [0, 0.1) is 33.5 Å². The van der Waals surface area contributed by atoms with E-state index in [1.165, 1.54) is 47.5 Å². The molecular formula is C68H69Br3Cl4O15S4. The van der Waals surface area contributed by atoms with E-state index >= 15 is 0 Å². The van der Waals surface area contributed by atoms with E-state index in [9.17, 15) is 51.0 Å². The molecule has 7 aliphatic rings. The number of phenols is 2. The number of benzene rings is 6. The van der Waals surface area contributed by atoms with Crippen LogP contribution in [0.15, 0.2) is 104 Å². The molecule has 0 saturated heterocycles. The maximum absolute atomic E-state index is 13.2. The van der Waals surface area contributed by atoms with Crippen LogP contribution in [0.5, 0.6) is 34.5 Å². The number of hydrogen-bond acceptors (Lipinski definition) is 15. The van der Waals surface area contributed by atoms with Gasteiger partial charge in [-0.15, -0.1) is 0 Å². The number of carbonyl (C=O) groups is 5. The lowest BCUT2D eigenvalue weighted by molar-refractivity contribution is -0.128. The van der Waals surface area contributed by atoms with Crippen molar-refractivity contribution in [3.8, 4) is 34.5 Å². The fourth-order valence-corrected chi connectivity index (χ4v) is 20.8. The first kappa shape index (κ1) is 75.4. The fourth-order valence-electron chi connectivity index (χ4n) is 14.8. The second-order valence-electron chi connectivity index (χ2n) is 25.5. The lowest BCUT2D eigenvalue weighted by atomic mass is 9.70. The first-order valence-corrected chi connectivity index (χ1v) is 37.4. The number of fused-ring (bicyclic) bond motifs is 7. The van der Waals surface area contributed by atoms with Crippen LogP contribution in [0.4, 0.5) is 0 Å². The third-order valence-electron chi connectivity index (χ3n) is 20.2. The zero-order valence-electron chi connectivity index (χ0n) is 51.3. The SMILES string of the molecule is CC1(C)[C@@H]2CC[C@@]1(CS(=O)(=O)Cl)C(=O)C2.CC1(C)[C@@H]2CC[C@@]1(CS(=O)(=O)Oc1cc(O[C@H]3CCc4c(Br)cccc43)c(Cl)cc1C=O)C(=O)C2.O=Cc1cc(Cl)c(OC2CCc3c(Br)cccc32)cc1O.O=Cc1cc(Cl)c(O[C@H]2CCc3c(Br)cccc32)cc1O.S.S. The van der Waals surface area contributed by atoms with Crippen LogP contribution in [-0.2, 0) is 48.0 Å². The van der Waals surface area contributed by atoms with Crippen LogP contribution < -0.4 is 18.4 Å². The molecule has 6 aromatic carbocycles. The first-order chi connectivity index (χ1) is 43.4. The Bertz CT molecular complexity index is 4090. The molecule has 7 aliphatic carbocycles. The van der Waals surface area contributed by atoms with Crippen molar-refractivity contribution < 1.29 is 69.4 Å². The molecule has 4 fully saturated rings. The van der Waals surface area contributed by atoms with Gasteiger partial charge < -0.3 is 28.6 Å². The maximum atomic E-state index is 13.2. The van der Waals surface area contributed by atoms with Gasteiger partial charge >= 0.3 is 10.1 Å². The number of carbonyl (C=O) groups excluding carboxylic acids is 5. The standard InChI is InChI=1S/C26H26BrClO6S.2C16H12BrClO3.C10H15ClO3S.2H2S/c1-25(2)16-8-9-26(25,24(30)11-16)14-35(31,32)34-22-12-23(20(28)10-15(22)13-29)33-21-7-6-17-18(21)4-3-5-19(17)27;2*17-12-3-1-2-11-10(12)4-5-15(11)21-16-7-14(20)9(8-19)6-13(16)18;1-9(2)7-3-4-10(9,8(12)5-7)6-15(11,13)14;;/h3-5,10,12-13,16,21H,6-9,11,14H2,1-2H3;2*1-3,6-8,15,20H,4-5H2;7H,3-6H2,1-2H3;2*1H2/t16-,21+,26-;15-;;7-,10-;;/m10.1../s1. The summed E-state index contributed by atoms with van der Waals surface area (Å²) in [5, 5.41) is 20.3. The number of halogens is 7. The van der Waals surface area contributed by atoms with Crippen LogP contribution in [0.1, 0.15) is 168 Å². The van der Waals surface area contributed by atoms with Crippen molar-refractivity contribution in [3.05, 3.63) is 170 Å². The molecule has 0 aromatic heterocycles. The van der Waals surface area contributed by atoms with E-state index in [2.05, 4.69) is 47.8 Å². The lowest BCUT2D eigenvalue weighted by Crippen LogP contribution is -2.43. The average molecular weight is 1640 g/mol. The van der Waals surface area contributed by atoms with Gasteiger partial charge in [-0.1, -0.05) is 147 Å². The summed E-state index contributed by atoms with van der Waals surface area (Å²) in [7, 11) is -2.49. The Hall–Kier alpha value is -4.33. The van der Waals surface area contributed by atoms with Gasteiger partial charge in [-0.05, 0) is 157 Å². The van der Waals surface area contributed by atoms with Gasteiger partial charge in [0.2, 0.25) is 9.05 Å². The van der Waals surface area contributed by atoms with Crippen molar-refractivity contribution >= 4 is 170 Å². The summed E-state index contributed by atoms with van der Waals surface area (Å²) in [5.74, 6) is 0.583. The number of aromatic hydroxyl groups is 2. The normalized spacial score (nSPS) is 23.5. The minimum atomic E-state index is -4.19. The highest BCUT2D eigenvalue weighted by Gasteiger charge is 2.66. The van der Waals surface area contributed by atoms with Crippen LogP contribution in [0.25, 0.3) is 0 Å². The van der Waals surface area contributed by atoms with Crippen molar-refractivity contribution in [2.45, 2.75) is 123 Å². The number of aldehydes is 3. The van der Waals surface area contributed by atoms with E-state index in [0.29, 0.717) is 72.0 Å². The number of ketones is 2. The molecular weight excluding hydrogens is 1570 g/mol. The Morgan fingerprint density at radius 2 is 0.851 bits per heavy atom. The first-order valence-electron chi connectivity index (χ1n) is 29.8. The molecule has 4 bridgehead atoms. The number of ether oxygens (including phenoxy) is 3. The van der Waals surface area contributed by atoms with Gasteiger partial charge in [0.15, 0.2) is 24.6 Å². The molecule has 26 heteroatoms. The molecule has 6 aromatic rings. The zero-order valence-corrected chi connectivity index (χ0v) is 62.8. The van der Waals surface area contributed by atoms with E-state index in [4.69, 9.17) is 63.9 Å². The van der Waals surface area contributed by atoms with Crippen molar-refractivity contribution in [2.24, 2.45) is 33.5 Å². The summed E-state index contributed by atoms with van der Waals surface area (Å²) in [6.45, 7) is 7.93. The van der Waals surface area contributed by atoms with Crippen molar-refractivity contribution in [3.63, 3.8) is 0 Å². The molecule has 1 unspecified atom stereocenters. The molecule has 0 radical (unpaired) electrons. The summed E-state index contributed by atoms with van der Waals surface area (Å²) in [4.78, 5) is 58.0. The molecule has 94 heavy (non-hydrogen) atoms. The molecule has 504 valence electrons. The molecule has 7 atom stereocenters. The Morgan fingerprint density at radius 3 is 1.17 bits per heavy atom. The van der Waals surface area contributed by atoms with Crippen LogP contribution in [0.3, 0.4) is 0 Å². The predicted molar refractivity (Wildman–Crippen MR) is 383 cm³/mol. The smallest absolute Gasteiger partial charge is 0.310 e. The van der Waals surface area contributed by atoms with Gasteiger partial charge in [-0.3, -0.25) is 24.0 Å². The highest BCUT2D eigenvalue weighted by atomic mass is 79.9. The van der Waals surface area contributed by atoms with Gasteiger partial charge in [0, 0.05) is 60.6 Å². The van der Waals surface area contributed by atoms with Crippen molar-refractivity contribution in [1.29, 1.82) is 0 Å². The van der Waals surface area contributed by atoms with Crippen molar-refractivity contribution in [2.75, 3.05) is 11.5 Å². The quantitative estimate of drug-likeness (QED) is 0.0553. The number of rotatable bonds is 15. The largest absolute Gasteiger partial charge is 0.507 e. The van der Waals surface area contributed by atoms with Gasteiger partial charge in [-0.2, -0.15) is 35.4 Å². The third-order valence-corrected chi connectivity index (χ3v) is 25.8. The topological polar surface area (TPSA) is 231 Å². The number of phenolic OH excluding ortho intramolecular Hbond substituents is 2. The van der Waals surface area contributed by atoms with Gasteiger partial charge in [0.1, 0.15) is 58.6 Å². The van der Waals surface area contributed by atoms with Crippen LogP contribution in [0.2, 0.25) is 15.1 Å². The Kier molecular flexibility index (Phi) is 23.8. The summed E-state index contributed by atoms with van der Waals surface area (Å²) >= 11 is 29.3. The second-order valence-corrected chi connectivity index (χ2v) is 33.6. The Balaban J connectivity index is 0.000000168. The van der Waals surface area contributed by atoms with E-state index in [1.54, 1.807) is 0 Å². The number of hydrogen-bond donors (Lipinski definition) is 2. The Morgan fingerprint density at radius 1 is 0.511 bits per heavy atom. The van der Waals surface area contributed by atoms with E-state index < -0.39 is 41.2 Å². The molecule has 2 N–H and O–H groups in total. The monoisotopic (exact) mass is 1630 g/mol. The van der Waals surface area contributed by atoms with Gasteiger partial charge in [0.05, 0.1) is 48.7 Å². The number of Topliss-reactive ketones (excluding diaryl/α,β-unsaturated/α-hetero) is 2. The summed E-state index contributed by atoms with van der Waals surface area (Å²) in [6.07, 6.45) is 10.2. The molecule has 0 heterocycles. The zero-order chi connectivity index (χ0) is 66.6. The highest BCUT2D eigenvalue weighted by molar-refractivity contribution is 9.11. The molecule has 0 amide bonds. The second kappa shape index (κ2) is 29.6. The van der Waals surface area contributed by atoms with Crippen LogP contribution in [-0.4, -0.2) is 69.0 Å². The van der Waals surface area contributed by atoms with Gasteiger partial charge in [-0.25, -0.2) is 8.42 Å². The van der Waals surface area contributed by atoms with E-state index in [0.717, 1.165) is 87.0 Å². The van der Waals surface area contributed by atoms with E-state index in [1.807, 2.05) is 82.3 Å². The van der Waals surface area contributed by atoms with E-state index in [-0.39, 0.29) is 119 Å². The average Bonchev–Trinajstić information content (AvgIpc) is 1.56. The molecule has 0 aliphatic heterocycles. The molecule has 15 nitrogen and oxygen atoms in total. The highest BCUT2D eigenvalue weighted by Crippen LogP contribution is 2.66. The maximum Gasteiger partial charge on any atom is 0.310 e. The molecule has 13 rings (SSSR count). The summed E-state index contributed by atoms with van der Waals surface area (Å²) in [5.41, 5.74) is 4.92. The fraction of sp³-hybridized carbons (Fsp3) is 0.397. The third kappa shape index (κ3) is 15.0. The molecule has 0 spiro atoms.